The molecule has 208 valence electrons. The highest BCUT2D eigenvalue weighted by atomic mass is 16.4. The molecule has 0 amide bonds. The van der Waals surface area contributed by atoms with Gasteiger partial charge in [0.15, 0.2) is 0 Å². The number of nitrogens with zero attached hydrogens (tertiary/aromatic N) is 4. The molecule has 1 heterocycles. The van der Waals surface area contributed by atoms with Crippen molar-refractivity contribution >= 4 is 23.9 Å². The Hall–Kier alpha value is -2.28. The van der Waals surface area contributed by atoms with Gasteiger partial charge in [0.1, 0.15) is 24.2 Å². The van der Waals surface area contributed by atoms with Crippen molar-refractivity contribution in [2.75, 3.05) is 26.2 Å². The van der Waals surface area contributed by atoms with Crippen LogP contribution in [0.4, 0.5) is 0 Å². The number of carbonyl (C=O) groups is 4. The zero-order chi connectivity index (χ0) is 28.1. The smallest absolute Gasteiger partial charge is 0.320 e. The standard InChI is InChI=1S/C24H44N4O8/c1-13-9-26(18(6)22(31)32)15(3)11-28(20(8)24(35)36)16(4)12-27(19(7)23(33)34)14(2)10-25(13)17(5)21(29)30/h13-20H,9-12H2,1-8H3,(H,29,30)(H,31,32)(H,33,34)(H,35,36)/t13-,14-,15-,16-,17?,18?,19?,20?/m0/s1. The normalized spacial score (nSPS) is 29.8. The summed E-state index contributed by atoms with van der Waals surface area (Å²) < 4.78 is 0. The second kappa shape index (κ2) is 13.3. The van der Waals surface area contributed by atoms with E-state index in [0.29, 0.717) is 0 Å². The average Bonchev–Trinajstić information content (AvgIpc) is 2.79. The Morgan fingerprint density at radius 2 is 0.611 bits per heavy atom. The molecule has 1 aliphatic heterocycles. The lowest BCUT2D eigenvalue weighted by Crippen LogP contribution is -2.62. The maximum Gasteiger partial charge on any atom is 0.320 e. The predicted octanol–water partition coefficient (Wildman–Crippen LogP) is 0.654. The van der Waals surface area contributed by atoms with Crippen molar-refractivity contribution in [3.05, 3.63) is 0 Å². The quantitative estimate of drug-likeness (QED) is 0.357. The van der Waals surface area contributed by atoms with Crippen molar-refractivity contribution < 1.29 is 39.6 Å². The second-order valence-corrected chi connectivity index (χ2v) is 10.2. The molecule has 4 unspecified atom stereocenters. The largest absolute Gasteiger partial charge is 0.480 e. The molecule has 4 N–H and O–H groups in total. The molecular weight excluding hydrogens is 472 g/mol. The third-order valence-electron chi connectivity index (χ3n) is 7.58. The van der Waals surface area contributed by atoms with E-state index < -0.39 is 48.0 Å². The van der Waals surface area contributed by atoms with Gasteiger partial charge in [-0.05, 0) is 55.4 Å². The Labute approximate surface area is 213 Å². The highest BCUT2D eigenvalue weighted by Gasteiger charge is 2.38. The van der Waals surface area contributed by atoms with E-state index in [9.17, 15) is 39.6 Å². The van der Waals surface area contributed by atoms with E-state index in [1.54, 1.807) is 47.3 Å². The van der Waals surface area contributed by atoms with Crippen LogP contribution in [-0.4, -0.2) is 138 Å². The number of hydrogen-bond acceptors (Lipinski definition) is 8. The molecule has 12 nitrogen and oxygen atoms in total. The van der Waals surface area contributed by atoms with Crippen LogP contribution in [0.2, 0.25) is 0 Å². The SMILES string of the molecule is CC(C(=O)O)N1C[C@H](C)N(C(C)C(=O)O)C[C@H](C)N(C(C)C(=O)O)C[C@H](C)N(C(C)C(=O)O)C[C@@H]1C. The van der Waals surface area contributed by atoms with Crippen molar-refractivity contribution in [3.8, 4) is 0 Å². The molecule has 0 bridgehead atoms. The van der Waals surface area contributed by atoms with Gasteiger partial charge in [0, 0.05) is 50.3 Å². The zero-order valence-electron chi connectivity index (χ0n) is 22.7. The molecular formula is C24H44N4O8. The van der Waals surface area contributed by atoms with Crippen molar-refractivity contribution in [2.45, 2.75) is 104 Å². The Morgan fingerprint density at radius 1 is 0.472 bits per heavy atom. The third-order valence-corrected chi connectivity index (χ3v) is 7.58. The van der Waals surface area contributed by atoms with Gasteiger partial charge >= 0.3 is 23.9 Å². The van der Waals surface area contributed by atoms with E-state index in [-0.39, 0.29) is 50.3 Å². The minimum Gasteiger partial charge on any atom is -0.480 e. The van der Waals surface area contributed by atoms with E-state index in [1.807, 2.05) is 27.7 Å². The first kappa shape index (κ1) is 31.7. The Bertz CT molecular complexity index is 668. The first-order valence-corrected chi connectivity index (χ1v) is 12.4. The van der Waals surface area contributed by atoms with E-state index in [0.717, 1.165) is 0 Å². The fourth-order valence-corrected chi connectivity index (χ4v) is 5.09. The molecule has 0 aromatic heterocycles. The summed E-state index contributed by atoms with van der Waals surface area (Å²) in [5, 5.41) is 39.1. The molecule has 1 aliphatic rings. The zero-order valence-corrected chi connectivity index (χ0v) is 22.7. The Balaban J connectivity index is 3.64. The highest BCUT2D eigenvalue weighted by molar-refractivity contribution is 5.74. The lowest BCUT2D eigenvalue weighted by molar-refractivity contribution is -0.150. The molecule has 12 heteroatoms. The van der Waals surface area contributed by atoms with Crippen molar-refractivity contribution in [3.63, 3.8) is 0 Å². The number of hydrogen-bond donors (Lipinski definition) is 4. The van der Waals surface area contributed by atoms with E-state index in [4.69, 9.17) is 0 Å². The van der Waals surface area contributed by atoms with Gasteiger partial charge in [-0.25, -0.2) is 0 Å². The summed E-state index contributed by atoms with van der Waals surface area (Å²) in [6, 6.07) is -5.06. The van der Waals surface area contributed by atoms with Crippen LogP contribution in [0.25, 0.3) is 0 Å². The average molecular weight is 517 g/mol. The first-order valence-electron chi connectivity index (χ1n) is 12.4. The molecule has 0 aromatic carbocycles. The molecule has 8 atom stereocenters. The van der Waals surface area contributed by atoms with Gasteiger partial charge in [0.25, 0.3) is 0 Å². The van der Waals surface area contributed by atoms with Crippen LogP contribution in [-0.2, 0) is 19.2 Å². The van der Waals surface area contributed by atoms with Crippen molar-refractivity contribution in [1.29, 1.82) is 0 Å². The van der Waals surface area contributed by atoms with Crippen molar-refractivity contribution in [2.24, 2.45) is 0 Å². The minimum absolute atomic E-state index is 0.233. The van der Waals surface area contributed by atoms with Crippen LogP contribution in [0.5, 0.6) is 0 Å². The maximum absolute atomic E-state index is 12.0. The summed E-state index contributed by atoms with van der Waals surface area (Å²) in [4.78, 5) is 54.9. The summed E-state index contributed by atoms with van der Waals surface area (Å²) in [6.07, 6.45) is 0. The van der Waals surface area contributed by atoms with Crippen LogP contribution in [0.1, 0.15) is 55.4 Å². The summed E-state index contributed by atoms with van der Waals surface area (Å²) in [5.74, 6) is -4.11. The number of rotatable bonds is 8. The molecule has 0 radical (unpaired) electrons. The Kier molecular flexibility index (Phi) is 11.7. The molecule has 0 aromatic rings. The lowest BCUT2D eigenvalue weighted by atomic mass is 10.0. The van der Waals surface area contributed by atoms with E-state index in [1.165, 1.54) is 0 Å². The highest BCUT2D eigenvalue weighted by Crippen LogP contribution is 2.21. The number of carboxylic acid groups (broad SMARTS) is 4. The second-order valence-electron chi connectivity index (χ2n) is 10.2. The fraction of sp³-hybridized carbons (Fsp3) is 0.833. The van der Waals surface area contributed by atoms with E-state index >= 15 is 0 Å². The van der Waals surface area contributed by atoms with Crippen LogP contribution in [0.15, 0.2) is 0 Å². The van der Waals surface area contributed by atoms with Crippen LogP contribution >= 0.6 is 0 Å². The van der Waals surface area contributed by atoms with Gasteiger partial charge in [-0.2, -0.15) is 0 Å². The molecule has 0 spiro atoms. The lowest BCUT2D eigenvalue weighted by Gasteiger charge is -2.46. The summed E-state index contributed by atoms with van der Waals surface area (Å²) in [5.41, 5.74) is 0. The first-order chi connectivity index (χ1) is 16.5. The molecule has 1 rings (SSSR count). The van der Waals surface area contributed by atoms with Gasteiger partial charge in [-0.15, -0.1) is 0 Å². The summed E-state index contributed by atoms with van der Waals surface area (Å²) in [7, 11) is 0. The molecule has 0 saturated carbocycles. The summed E-state index contributed by atoms with van der Waals surface area (Å²) >= 11 is 0. The van der Waals surface area contributed by atoms with Crippen LogP contribution in [0.3, 0.4) is 0 Å². The van der Waals surface area contributed by atoms with Crippen LogP contribution < -0.4 is 0 Å². The van der Waals surface area contributed by atoms with Gasteiger partial charge in [-0.3, -0.25) is 38.8 Å². The fourth-order valence-electron chi connectivity index (χ4n) is 5.09. The predicted molar refractivity (Wildman–Crippen MR) is 133 cm³/mol. The minimum atomic E-state index is -1.03. The van der Waals surface area contributed by atoms with Gasteiger partial charge in [0.05, 0.1) is 0 Å². The molecule has 36 heavy (non-hydrogen) atoms. The van der Waals surface area contributed by atoms with Gasteiger partial charge < -0.3 is 20.4 Å². The number of carboxylic acids is 4. The molecule has 1 fully saturated rings. The topological polar surface area (TPSA) is 162 Å². The van der Waals surface area contributed by atoms with Crippen LogP contribution in [0, 0.1) is 0 Å². The van der Waals surface area contributed by atoms with E-state index in [2.05, 4.69) is 0 Å². The monoisotopic (exact) mass is 516 g/mol. The van der Waals surface area contributed by atoms with Gasteiger partial charge in [0.2, 0.25) is 0 Å². The molecule has 0 aliphatic carbocycles. The molecule has 1 saturated heterocycles. The van der Waals surface area contributed by atoms with Crippen molar-refractivity contribution in [1.82, 2.24) is 19.6 Å². The number of aliphatic carboxylic acids is 4. The maximum atomic E-state index is 12.0. The van der Waals surface area contributed by atoms with Gasteiger partial charge in [-0.1, -0.05) is 0 Å². The Morgan fingerprint density at radius 3 is 0.722 bits per heavy atom. The summed E-state index contributed by atoms with van der Waals surface area (Å²) in [6.45, 7) is 14.5. The third kappa shape index (κ3) is 7.86.